The number of halogens is 1. The van der Waals surface area contributed by atoms with E-state index in [1.54, 1.807) is 12.1 Å². The van der Waals surface area contributed by atoms with Crippen molar-refractivity contribution in [2.24, 2.45) is 0 Å². The van der Waals surface area contributed by atoms with Crippen LogP contribution in [0.4, 0.5) is 4.39 Å². The highest BCUT2D eigenvalue weighted by Gasteiger charge is 2.21. The molecule has 2 heterocycles. The minimum absolute atomic E-state index is 0.272. The molecule has 1 aromatic carbocycles. The van der Waals surface area contributed by atoms with Gasteiger partial charge in [0.25, 0.3) is 0 Å². The Morgan fingerprint density at radius 3 is 2.95 bits per heavy atom. The zero-order valence-corrected chi connectivity index (χ0v) is 11.7. The molecule has 6 heteroatoms. The van der Waals surface area contributed by atoms with Crippen LogP contribution in [0.3, 0.4) is 0 Å². The van der Waals surface area contributed by atoms with Crippen LogP contribution in [-0.2, 0) is 6.42 Å². The van der Waals surface area contributed by atoms with Gasteiger partial charge in [0, 0.05) is 13.0 Å². The molecular formula is C15H18FN3O2. The van der Waals surface area contributed by atoms with E-state index in [1.165, 1.54) is 12.1 Å². The Labute approximate surface area is 122 Å². The summed E-state index contributed by atoms with van der Waals surface area (Å²) in [6.45, 7) is 2.39. The van der Waals surface area contributed by atoms with Crippen molar-refractivity contribution in [2.75, 3.05) is 19.7 Å². The molecule has 1 atom stereocenters. The average Bonchev–Trinajstić information content (AvgIpc) is 2.99. The van der Waals surface area contributed by atoms with E-state index >= 15 is 0 Å². The van der Waals surface area contributed by atoms with E-state index in [2.05, 4.69) is 15.5 Å². The van der Waals surface area contributed by atoms with Gasteiger partial charge >= 0.3 is 0 Å². The summed E-state index contributed by atoms with van der Waals surface area (Å²) in [4.78, 5) is 4.42. The molecule has 0 radical (unpaired) electrons. The van der Waals surface area contributed by atoms with Crippen molar-refractivity contribution in [2.45, 2.75) is 25.2 Å². The molecule has 1 fully saturated rings. The van der Waals surface area contributed by atoms with Gasteiger partial charge in [0.2, 0.25) is 5.89 Å². The fourth-order valence-electron chi connectivity index (χ4n) is 2.39. The molecule has 0 aliphatic carbocycles. The maximum absolute atomic E-state index is 12.8. The van der Waals surface area contributed by atoms with Gasteiger partial charge in [-0.15, -0.1) is 0 Å². The first-order valence-corrected chi connectivity index (χ1v) is 7.23. The van der Waals surface area contributed by atoms with Crippen LogP contribution in [-0.4, -0.2) is 29.8 Å². The van der Waals surface area contributed by atoms with Crippen LogP contribution in [0.5, 0.6) is 5.75 Å². The highest BCUT2D eigenvalue weighted by atomic mass is 19.1. The lowest BCUT2D eigenvalue weighted by Crippen LogP contribution is -2.28. The first-order valence-electron chi connectivity index (χ1n) is 7.23. The van der Waals surface area contributed by atoms with Gasteiger partial charge in [-0.3, -0.25) is 0 Å². The van der Waals surface area contributed by atoms with Crippen molar-refractivity contribution in [1.82, 2.24) is 15.5 Å². The number of ether oxygens (including phenoxy) is 1. The topological polar surface area (TPSA) is 60.2 Å². The van der Waals surface area contributed by atoms with Crippen LogP contribution >= 0.6 is 0 Å². The summed E-state index contributed by atoms with van der Waals surface area (Å²) in [5, 5.41) is 7.31. The first kappa shape index (κ1) is 14.0. The molecule has 1 aliphatic rings. The van der Waals surface area contributed by atoms with Crippen LogP contribution in [0, 0.1) is 5.82 Å². The summed E-state index contributed by atoms with van der Waals surface area (Å²) in [6.07, 6.45) is 2.79. The van der Waals surface area contributed by atoms with Crippen LogP contribution in [0.2, 0.25) is 0 Å². The molecule has 0 unspecified atom stereocenters. The fourth-order valence-corrected chi connectivity index (χ4v) is 2.39. The molecule has 0 spiro atoms. The highest BCUT2D eigenvalue weighted by Crippen LogP contribution is 2.21. The van der Waals surface area contributed by atoms with Crippen molar-refractivity contribution in [3.8, 4) is 5.75 Å². The summed E-state index contributed by atoms with van der Waals surface area (Å²) < 4.78 is 23.6. The molecule has 1 aliphatic heterocycles. The maximum Gasteiger partial charge on any atom is 0.231 e. The van der Waals surface area contributed by atoms with Crippen LogP contribution in [0.1, 0.15) is 30.5 Å². The molecule has 1 saturated heterocycles. The molecule has 3 rings (SSSR count). The third-order valence-corrected chi connectivity index (χ3v) is 3.54. The number of benzene rings is 1. The van der Waals surface area contributed by atoms with Crippen molar-refractivity contribution >= 4 is 0 Å². The van der Waals surface area contributed by atoms with E-state index < -0.39 is 0 Å². The Kier molecular flexibility index (Phi) is 4.45. The summed E-state index contributed by atoms with van der Waals surface area (Å²) in [6, 6.07) is 5.95. The number of rotatable bonds is 5. The highest BCUT2D eigenvalue weighted by molar-refractivity contribution is 5.22. The molecule has 5 nitrogen and oxygen atoms in total. The average molecular weight is 291 g/mol. The van der Waals surface area contributed by atoms with Gasteiger partial charge in [0.1, 0.15) is 11.6 Å². The summed E-state index contributed by atoms with van der Waals surface area (Å²) >= 11 is 0. The Morgan fingerprint density at radius 1 is 1.33 bits per heavy atom. The predicted octanol–water partition coefficient (Wildman–Crippen LogP) is 2.30. The summed E-state index contributed by atoms with van der Waals surface area (Å²) in [5.74, 6) is 2.04. The normalized spacial score (nSPS) is 18.6. The van der Waals surface area contributed by atoms with E-state index in [1.807, 2.05) is 0 Å². The Morgan fingerprint density at radius 2 is 2.19 bits per heavy atom. The lowest BCUT2D eigenvalue weighted by molar-refractivity contribution is 0.306. The van der Waals surface area contributed by atoms with E-state index in [0.29, 0.717) is 36.4 Å². The molecule has 0 amide bonds. The molecule has 21 heavy (non-hydrogen) atoms. The first-order chi connectivity index (χ1) is 10.3. The third-order valence-electron chi connectivity index (χ3n) is 3.54. The SMILES string of the molecule is Fc1ccc(OCCc2noc([C@H]3CCCNC3)n2)cc1. The zero-order valence-electron chi connectivity index (χ0n) is 11.7. The van der Waals surface area contributed by atoms with Crippen LogP contribution in [0.25, 0.3) is 0 Å². The van der Waals surface area contributed by atoms with Gasteiger partial charge in [-0.05, 0) is 43.7 Å². The quantitative estimate of drug-likeness (QED) is 0.916. The Balaban J connectivity index is 1.49. The Bertz CT molecular complexity index is 565. The fraction of sp³-hybridized carbons (Fsp3) is 0.467. The van der Waals surface area contributed by atoms with Crippen molar-refractivity contribution in [1.29, 1.82) is 0 Å². The molecule has 0 saturated carbocycles. The number of hydrogen-bond donors (Lipinski definition) is 1. The minimum Gasteiger partial charge on any atom is -0.493 e. The van der Waals surface area contributed by atoms with Gasteiger partial charge in [-0.2, -0.15) is 4.98 Å². The molecule has 1 N–H and O–H groups in total. The zero-order chi connectivity index (χ0) is 14.5. The molecule has 112 valence electrons. The van der Waals surface area contributed by atoms with Crippen LogP contribution < -0.4 is 10.1 Å². The second kappa shape index (κ2) is 6.67. The second-order valence-corrected chi connectivity index (χ2v) is 5.14. The van der Waals surface area contributed by atoms with Gasteiger partial charge in [-0.25, -0.2) is 4.39 Å². The largest absolute Gasteiger partial charge is 0.493 e. The van der Waals surface area contributed by atoms with E-state index in [9.17, 15) is 4.39 Å². The van der Waals surface area contributed by atoms with E-state index in [-0.39, 0.29) is 5.82 Å². The number of nitrogens with one attached hydrogen (secondary N) is 1. The predicted molar refractivity (Wildman–Crippen MR) is 74.7 cm³/mol. The van der Waals surface area contributed by atoms with Gasteiger partial charge in [0.05, 0.1) is 12.5 Å². The van der Waals surface area contributed by atoms with Gasteiger partial charge in [-0.1, -0.05) is 5.16 Å². The lowest BCUT2D eigenvalue weighted by Gasteiger charge is -2.18. The third kappa shape index (κ3) is 3.78. The molecule has 2 aromatic rings. The second-order valence-electron chi connectivity index (χ2n) is 5.14. The smallest absolute Gasteiger partial charge is 0.231 e. The minimum atomic E-state index is -0.272. The van der Waals surface area contributed by atoms with E-state index in [0.717, 1.165) is 25.9 Å². The van der Waals surface area contributed by atoms with Gasteiger partial charge in [0.15, 0.2) is 5.82 Å². The lowest BCUT2D eigenvalue weighted by atomic mass is 10.00. The molecule has 1 aromatic heterocycles. The summed E-state index contributed by atoms with van der Waals surface area (Å²) in [7, 11) is 0. The number of piperidine rings is 1. The number of hydrogen-bond acceptors (Lipinski definition) is 5. The number of aromatic nitrogens is 2. The summed E-state index contributed by atoms with van der Waals surface area (Å²) in [5.41, 5.74) is 0. The Hall–Kier alpha value is -1.95. The van der Waals surface area contributed by atoms with E-state index in [4.69, 9.17) is 9.26 Å². The van der Waals surface area contributed by atoms with Crippen molar-refractivity contribution in [3.63, 3.8) is 0 Å². The molecular weight excluding hydrogens is 273 g/mol. The van der Waals surface area contributed by atoms with Crippen molar-refractivity contribution in [3.05, 3.63) is 41.8 Å². The number of nitrogens with zero attached hydrogens (tertiary/aromatic N) is 2. The maximum atomic E-state index is 12.8. The monoisotopic (exact) mass is 291 g/mol. The molecule has 0 bridgehead atoms. The van der Waals surface area contributed by atoms with Gasteiger partial charge < -0.3 is 14.6 Å². The standard InChI is InChI=1S/C15H18FN3O2/c16-12-3-5-13(6-4-12)20-9-7-14-18-15(21-19-14)11-2-1-8-17-10-11/h3-6,11,17H,1-2,7-10H2/t11-/m0/s1. The van der Waals surface area contributed by atoms with Crippen LogP contribution in [0.15, 0.2) is 28.8 Å². The van der Waals surface area contributed by atoms with Crippen molar-refractivity contribution < 1.29 is 13.7 Å².